The Hall–Kier alpha value is -4.06. The molecule has 0 bridgehead atoms. The highest BCUT2D eigenvalue weighted by atomic mass is 35.5. The van der Waals surface area contributed by atoms with Gasteiger partial charge in [-0.1, -0.05) is 17.7 Å². The Bertz CT molecular complexity index is 1860. The summed E-state index contributed by atoms with van der Waals surface area (Å²) in [7, 11) is 1.54. The summed E-state index contributed by atoms with van der Waals surface area (Å²) in [5.74, 6) is -0.313. The lowest BCUT2D eigenvalue weighted by molar-refractivity contribution is -0.0706. The van der Waals surface area contributed by atoms with Crippen molar-refractivity contribution in [3.63, 3.8) is 0 Å². The fourth-order valence-corrected chi connectivity index (χ4v) is 7.44. The molecule has 3 aliphatic heterocycles. The van der Waals surface area contributed by atoms with Crippen molar-refractivity contribution in [3.05, 3.63) is 76.3 Å². The number of aromatic nitrogens is 2. The van der Waals surface area contributed by atoms with Gasteiger partial charge in [0, 0.05) is 43.7 Å². The Morgan fingerprint density at radius 2 is 1.96 bits per heavy atom. The average Bonchev–Trinajstić information content (AvgIpc) is 3.51. The predicted molar refractivity (Wildman–Crippen MR) is 169 cm³/mol. The number of halogens is 2. The van der Waals surface area contributed by atoms with Gasteiger partial charge in [0.15, 0.2) is 11.5 Å². The van der Waals surface area contributed by atoms with E-state index in [2.05, 4.69) is 14.4 Å². The van der Waals surface area contributed by atoms with Crippen LogP contribution in [0.1, 0.15) is 47.9 Å². The van der Waals surface area contributed by atoms with Gasteiger partial charge in [-0.25, -0.2) is 14.2 Å². The van der Waals surface area contributed by atoms with E-state index in [9.17, 15) is 14.3 Å². The Morgan fingerprint density at radius 1 is 1.13 bits per heavy atom. The van der Waals surface area contributed by atoms with E-state index in [1.807, 2.05) is 18.2 Å². The largest absolute Gasteiger partial charge is 0.494 e. The summed E-state index contributed by atoms with van der Waals surface area (Å²) in [6, 6.07) is 14.1. The highest BCUT2D eigenvalue weighted by Gasteiger charge is 2.47. The Balaban J connectivity index is 1.07. The predicted octanol–water partition coefficient (Wildman–Crippen LogP) is 5.82. The van der Waals surface area contributed by atoms with E-state index in [4.69, 9.17) is 35.5 Å². The molecule has 3 fully saturated rings. The van der Waals surface area contributed by atoms with Crippen LogP contribution in [0.15, 0.2) is 48.5 Å². The Labute approximate surface area is 270 Å². The quantitative estimate of drug-likeness (QED) is 0.253. The molecule has 4 heterocycles. The molecule has 46 heavy (non-hydrogen) atoms. The summed E-state index contributed by atoms with van der Waals surface area (Å²) < 4.78 is 41.1. The van der Waals surface area contributed by atoms with Crippen molar-refractivity contribution >= 4 is 34.3 Å². The maximum atomic E-state index is 15.0. The van der Waals surface area contributed by atoms with Crippen molar-refractivity contribution in [1.82, 2.24) is 14.5 Å². The number of anilines is 1. The summed E-state index contributed by atoms with van der Waals surface area (Å²) in [6.07, 6.45) is 3.09. The number of ether oxygens (including phenoxy) is 4. The summed E-state index contributed by atoms with van der Waals surface area (Å²) >= 11 is 6.01. The molecule has 8 rings (SSSR count). The lowest BCUT2D eigenvalue weighted by atomic mass is 9.81. The van der Waals surface area contributed by atoms with E-state index < -0.39 is 17.6 Å². The fourth-order valence-electron chi connectivity index (χ4n) is 7.28. The minimum absolute atomic E-state index is 0.0679. The summed E-state index contributed by atoms with van der Waals surface area (Å²) in [5, 5.41) is 10.1. The molecular weight excluding hydrogens is 615 g/mol. The third kappa shape index (κ3) is 4.75. The minimum atomic E-state index is -1.32. The number of benzene rings is 3. The average molecular weight is 649 g/mol. The zero-order chi connectivity index (χ0) is 31.7. The van der Waals surface area contributed by atoms with E-state index >= 15 is 0 Å². The van der Waals surface area contributed by atoms with Gasteiger partial charge < -0.3 is 33.5 Å². The van der Waals surface area contributed by atoms with Gasteiger partial charge >= 0.3 is 5.97 Å². The Kier molecular flexibility index (Phi) is 7.04. The monoisotopic (exact) mass is 648 g/mol. The molecule has 1 aromatic heterocycles. The third-order valence-corrected chi connectivity index (χ3v) is 10.1. The van der Waals surface area contributed by atoms with E-state index in [0.717, 1.165) is 56.0 Å². The molecule has 4 aromatic rings. The molecule has 0 spiro atoms. The number of imidazole rings is 1. The molecule has 3 aromatic carbocycles. The SMILES string of the molecule is COc1cc(C(=O)O)cc2c1nc(CN1CCN(c3cccc4c3OC(C)(c3ccc(Cl)cc3F)O4)[C@H]3CC[C@@H]31)n2C[C@@H]1CCO1. The molecule has 10 nitrogen and oxygen atoms in total. The number of methoxy groups -OCH3 is 1. The lowest BCUT2D eigenvalue weighted by Crippen LogP contribution is -2.64. The number of carboxylic acid groups (broad SMARTS) is 1. The van der Waals surface area contributed by atoms with E-state index in [1.165, 1.54) is 19.2 Å². The van der Waals surface area contributed by atoms with Crippen LogP contribution >= 0.6 is 11.6 Å². The highest BCUT2D eigenvalue weighted by molar-refractivity contribution is 6.30. The smallest absolute Gasteiger partial charge is 0.335 e. The van der Waals surface area contributed by atoms with Gasteiger partial charge in [-0.05, 0) is 61.7 Å². The maximum Gasteiger partial charge on any atom is 0.335 e. The van der Waals surface area contributed by atoms with Crippen LogP contribution in [0.4, 0.5) is 10.1 Å². The summed E-state index contributed by atoms with van der Waals surface area (Å²) in [6.45, 7) is 5.21. The van der Waals surface area contributed by atoms with Crippen LogP contribution in [0.2, 0.25) is 5.02 Å². The van der Waals surface area contributed by atoms with Gasteiger partial charge in [-0.2, -0.15) is 0 Å². The van der Waals surface area contributed by atoms with Crippen LogP contribution in [-0.2, 0) is 23.6 Å². The molecule has 4 atom stereocenters. The second kappa shape index (κ2) is 11.0. The molecule has 1 unspecified atom stereocenters. The molecule has 1 aliphatic carbocycles. The number of carboxylic acids is 1. The second-order valence-electron chi connectivity index (χ2n) is 12.5. The van der Waals surface area contributed by atoms with Crippen molar-refractivity contribution in [3.8, 4) is 17.2 Å². The lowest BCUT2D eigenvalue weighted by Gasteiger charge is -2.54. The molecule has 0 radical (unpaired) electrons. The van der Waals surface area contributed by atoms with Crippen LogP contribution in [-0.4, -0.2) is 70.5 Å². The van der Waals surface area contributed by atoms with Crippen LogP contribution in [0.25, 0.3) is 11.0 Å². The zero-order valence-electron chi connectivity index (χ0n) is 25.5. The van der Waals surface area contributed by atoms with E-state index in [0.29, 0.717) is 40.9 Å². The second-order valence-corrected chi connectivity index (χ2v) is 13.0. The van der Waals surface area contributed by atoms with Gasteiger partial charge in [0.05, 0.1) is 48.6 Å². The van der Waals surface area contributed by atoms with Gasteiger partial charge in [-0.15, -0.1) is 0 Å². The van der Waals surface area contributed by atoms with Crippen LogP contribution in [0.3, 0.4) is 0 Å². The number of hydrogen-bond donors (Lipinski definition) is 1. The standard InChI is InChI=1S/C34H34ClFN4O6/c1-34(22-7-6-20(35)16-23(22)36)45-28-5-3-4-26(32(28)46-34)39-12-11-38(24-8-9-25(24)39)18-30-37-31-27(40(30)17-21-10-13-44-21)14-19(33(41)42)15-29(31)43-2/h3-7,14-16,21,24-25H,8-13,17-18H2,1-2H3,(H,41,42)/t21-,24-,25-,34?/m0/s1. The van der Waals surface area contributed by atoms with Crippen LogP contribution in [0, 0.1) is 5.82 Å². The van der Waals surface area contributed by atoms with Gasteiger partial charge in [0.25, 0.3) is 5.79 Å². The molecule has 1 saturated carbocycles. The van der Waals surface area contributed by atoms with Crippen molar-refractivity contribution in [2.24, 2.45) is 0 Å². The highest BCUT2D eigenvalue weighted by Crippen LogP contribution is 2.51. The van der Waals surface area contributed by atoms with E-state index in [1.54, 1.807) is 25.1 Å². The fraction of sp³-hybridized carbons (Fsp3) is 0.412. The molecule has 0 amide bonds. The number of rotatable bonds is 8. The van der Waals surface area contributed by atoms with Gasteiger partial charge in [0.1, 0.15) is 22.9 Å². The number of hydrogen-bond acceptors (Lipinski definition) is 8. The maximum absolute atomic E-state index is 15.0. The first kappa shape index (κ1) is 29.3. The minimum Gasteiger partial charge on any atom is -0.494 e. The van der Waals surface area contributed by atoms with Crippen molar-refractivity contribution in [1.29, 1.82) is 0 Å². The third-order valence-electron chi connectivity index (χ3n) is 9.88. The van der Waals surface area contributed by atoms with Crippen LogP contribution < -0.4 is 19.1 Å². The topological polar surface area (TPSA) is 98.5 Å². The number of piperazine rings is 1. The number of carbonyl (C=O) groups is 1. The van der Waals surface area contributed by atoms with E-state index in [-0.39, 0.29) is 29.3 Å². The normalized spacial score (nSPS) is 25.2. The first-order valence-corrected chi connectivity index (χ1v) is 16.0. The number of para-hydroxylation sites is 1. The Morgan fingerprint density at radius 3 is 2.65 bits per heavy atom. The van der Waals surface area contributed by atoms with Crippen molar-refractivity contribution < 1.29 is 33.2 Å². The zero-order valence-corrected chi connectivity index (χ0v) is 26.3. The van der Waals surface area contributed by atoms with Gasteiger partial charge in [0.2, 0.25) is 0 Å². The molecule has 2 saturated heterocycles. The molecule has 12 heteroatoms. The number of aromatic carboxylic acids is 1. The first-order chi connectivity index (χ1) is 22.2. The van der Waals surface area contributed by atoms with Crippen molar-refractivity contribution in [2.45, 2.75) is 63.3 Å². The number of nitrogens with zero attached hydrogens (tertiary/aromatic N) is 4. The van der Waals surface area contributed by atoms with Crippen molar-refractivity contribution in [2.75, 3.05) is 31.7 Å². The summed E-state index contributed by atoms with van der Waals surface area (Å²) in [4.78, 5) is 21.8. The van der Waals surface area contributed by atoms with Crippen LogP contribution in [0.5, 0.6) is 17.2 Å². The molecule has 1 N–H and O–H groups in total. The molecular formula is C34H34ClFN4O6. The van der Waals surface area contributed by atoms with Gasteiger partial charge in [-0.3, -0.25) is 4.90 Å². The number of fused-ring (bicyclic) bond motifs is 3. The first-order valence-electron chi connectivity index (χ1n) is 15.6. The molecule has 4 aliphatic rings. The summed E-state index contributed by atoms with van der Waals surface area (Å²) in [5.41, 5.74) is 2.78. The molecule has 240 valence electrons.